The zero-order chi connectivity index (χ0) is 12.3. The molecule has 0 aromatic carbocycles. The van der Waals surface area contributed by atoms with Gasteiger partial charge in [-0.1, -0.05) is 0 Å². The van der Waals surface area contributed by atoms with E-state index in [2.05, 4.69) is 4.98 Å². The number of hydrogen-bond acceptors (Lipinski definition) is 4. The lowest BCUT2D eigenvalue weighted by molar-refractivity contribution is -0.128. The van der Waals surface area contributed by atoms with E-state index < -0.39 is 0 Å². The SMILES string of the molecule is Cc1nc(/C=C/C(=O)N2CCC[C@H](O)C2)cs1. The van der Waals surface area contributed by atoms with Crippen molar-refractivity contribution in [3.8, 4) is 0 Å². The molecule has 1 N–H and O–H groups in total. The second kappa shape index (κ2) is 5.42. The van der Waals surface area contributed by atoms with Gasteiger partial charge in [-0.05, 0) is 25.8 Å². The quantitative estimate of drug-likeness (QED) is 0.810. The zero-order valence-corrected chi connectivity index (χ0v) is 10.6. The monoisotopic (exact) mass is 252 g/mol. The lowest BCUT2D eigenvalue weighted by Gasteiger charge is -2.29. The molecule has 5 heteroatoms. The second-order valence-corrected chi connectivity index (χ2v) is 5.27. The maximum atomic E-state index is 11.8. The predicted octanol–water partition coefficient (Wildman–Crippen LogP) is 1.45. The molecule has 0 saturated carbocycles. The van der Waals surface area contributed by atoms with Crippen LogP contribution in [-0.2, 0) is 4.79 Å². The van der Waals surface area contributed by atoms with Crippen molar-refractivity contribution in [1.29, 1.82) is 0 Å². The van der Waals surface area contributed by atoms with Gasteiger partial charge in [0.1, 0.15) is 0 Å². The average Bonchev–Trinajstić information content (AvgIpc) is 2.72. The molecule has 1 aliphatic heterocycles. The summed E-state index contributed by atoms with van der Waals surface area (Å²) in [6.45, 7) is 3.11. The average molecular weight is 252 g/mol. The van der Waals surface area contributed by atoms with E-state index in [1.54, 1.807) is 22.3 Å². The molecule has 1 saturated heterocycles. The minimum absolute atomic E-state index is 0.0468. The van der Waals surface area contributed by atoms with Crippen molar-refractivity contribution < 1.29 is 9.90 Å². The van der Waals surface area contributed by atoms with Crippen LogP contribution in [0.15, 0.2) is 11.5 Å². The molecule has 0 aliphatic carbocycles. The summed E-state index contributed by atoms with van der Waals surface area (Å²) in [4.78, 5) is 17.8. The van der Waals surface area contributed by atoms with Gasteiger partial charge in [-0.2, -0.15) is 0 Å². The standard InChI is InChI=1S/C12H16N2O2S/c1-9-13-10(8-17-9)4-5-12(16)14-6-2-3-11(15)7-14/h4-5,8,11,15H,2-3,6-7H2,1H3/b5-4+/t11-/m0/s1. The molecule has 2 heterocycles. The number of carbonyl (C=O) groups excluding carboxylic acids is 1. The summed E-state index contributed by atoms with van der Waals surface area (Å²) in [5.41, 5.74) is 0.818. The fourth-order valence-corrected chi connectivity index (χ4v) is 2.45. The van der Waals surface area contributed by atoms with Crippen LogP contribution < -0.4 is 0 Å². The minimum Gasteiger partial charge on any atom is -0.391 e. The Bertz CT molecular complexity index is 428. The summed E-state index contributed by atoms with van der Waals surface area (Å²) < 4.78 is 0. The highest BCUT2D eigenvalue weighted by molar-refractivity contribution is 7.09. The number of piperidine rings is 1. The lowest BCUT2D eigenvalue weighted by Crippen LogP contribution is -2.41. The van der Waals surface area contributed by atoms with Crippen molar-refractivity contribution in [3.63, 3.8) is 0 Å². The molecule has 0 bridgehead atoms. The summed E-state index contributed by atoms with van der Waals surface area (Å²) in [6, 6.07) is 0. The topological polar surface area (TPSA) is 53.4 Å². The van der Waals surface area contributed by atoms with Crippen LogP contribution in [0.3, 0.4) is 0 Å². The molecule has 1 aliphatic rings. The van der Waals surface area contributed by atoms with Crippen molar-refractivity contribution in [1.82, 2.24) is 9.88 Å². The van der Waals surface area contributed by atoms with Gasteiger partial charge >= 0.3 is 0 Å². The van der Waals surface area contributed by atoms with Gasteiger partial charge in [-0.3, -0.25) is 4.79 Å². The zero-order valence-electron chi connectivity index (χ0n) is 9.80. The molecule has 1 fully saturated rings. The first kappa shape index (κ1) is 12.3. The molecule has 4 nitrogen and oxygen atoms in total. The number of β-amino-alcohol motifs (C(OH)–C–C–N with tert-alkyl or cyclic N) is 1. The molecule has 1 atom stereocenters. The smallest absolute Gasteiger partial charge is 0.246 e. The Labute approximate surface area is 105 Å². The fraction of sp³-hybridized carbons (Fsp3) is 0.500. The third-order valence-corrected chi connectivity index (χ3v) is 3.53. The van der Waals surface area contributed by atoms with Crippen LogP contribution in [0.1, 0.15) is 23.5 Å². The number of likely N-dealkylation sites (tertiary alicyclic amines) is 1. The maximum absolute atomic E-state index is 11.8. The van der Waals surface area contributed by atoms with E-state index in [0.29, 0.717) is 6.54 Å². The normalized spacial score (nSPS) is 21.1. The molecule has 1 aromatic rings. The van der Waals surface area contributed by atoms with Crippen molar-refractivity contribution in [2.24, 2.45) is 0 Å². The summed E-state index contributed by atoms with van der Waals surface area (Å²) in [5, 5.41) is 12.4. The highest BCUT2D eigenvalue weighted by Crippen LogP contribution is 2.12. The number of aliphatic hydroxyl groups excluding tert-OH is 1. The molecule has 0 radical (unpaired) electrons. The molecular formula is C12H16N2O2S. The number of carbonyl (C=O) groups is 1. The Hall–Kier alpha value is -1.20. The molecule has 17 heavy (non-hydrogen) atoms. The molecule has 2 rings (SSSR count). The second-order valence-electron chi connectivity index (χ2n) is 4.21. The van der Waals surface area contributed by atoms with Crippen LogP contribution in [0.5, 0.6) is 0 Å². The summed E-state index contributed by atoms with van der Waals surface area (Å²) >= 11 is 1.56. The Morgan fingerprint density at radius 3 is 3.18 bits per heavy atom. The third-order valence-electron chi connectivity index (χ3n) is 2.74. The summed E-state index contributed by atoms with van der Waals surface area (Å²) in [6.07, 6.45) is 4.55. The largest absolute Gasteiger partial charge is 0.391 e. The highest BCUT2D eigenvalue weighted by Gasteiger charge is 2.20. The van der Waals surface area contributed by atoms with Crippen LogP contribution >= 0.6 is 11.3 Å². The van der Waals surface area contributed by atoms with E-state index in [1.807, 2.05) is 12.3 Å². The number of aryl methyl sites for hydroxylation is 1. The van der Waals surface area contributed by atoms with Gasteiger partial charge in [0.05, 0.1) is 16.8 Å². The van der Waals surface area contributed by atoms with E-state index >= 15 is 0 Å². The van der Waals surface area contributed by atoms with Crippen LogP contribution in [0.2, 0.25) is 0 Å². The van der Waals surface area contributed by atoms with E-state index in [4.69, 9.17) is 0 Å². The Balaban J connectivity index is 1.94. The van der Waals surface area contributed by atoms with Gasteiger partial charge in [-0.15, -0.1) is 11.3 Å². The van der Waals surface area contributed by atoms with Gasteiger partial charge in [0.25, 0.3) is 0 Å². The van der Waals surface area contributed by atoms with E-state index in [0.717, 1.165) is 30.1 Å². The van der Waals surface area contributed by atoms with Crippen molar-refractivity contribution in [3.05, 3.63) is 22.2 Å². The Morgan fingerprint density at radius 1 is 1.71 bits per heavy atom. The fourth-order valence-electron chi connectivity index (χ4n) is 1.87. The van der Waals surface area contributed by atoms with Gasteiger partial charge in [-0.25, -0.2) is 4.98 Å². The first-order valence-electron chi connectivity index (χ1n) is 5.72. The molecule has 0 spiro atoms. The van der Waals surface area contributed by atoms with Gasteiger partial charge in [0.15, 0.2) is 0 Å². The molecule has 92 valence electrons. The lowest BCUT2D eigenvalue weighted by atomic mass is 10.1. The molecule has 1 amide bonds. The highest BCUT2D eigenvalue weighted by atomic mass is 32.1. The van der Waals surface area contributed by atoms with E-state index in [9.17, 15) is 9.90 Å². The van der Waals surface area contributed by atoms with E-state index in [-0.39, 0.29) is 12.0 Å². The predicted molar refractivity (Wildman–Crippen MR) is 67.7 cm³/mol. The van der Waals surface area contributed by atoms with Crippen LogP contribution in [0.25, 0.3) is 6.08 Å². The summed E-state index contributed by atoms with van der Waals surface area (Å²) in [7, 11) is 0. The maximum Gasteiger partial charge on any atom is 0.246 e. The molecule has 0 unspecified atom stereocenters. The third kappa shape index (κ3) is 3.38. The Kier molecular flexibility index (Phi) is 3.91. The molecular weight excluding hydrogens is 236 g/mol. The van der Waals surface area contributed by atoms with Crippen molar-refractivity contribution in [2.45, 2.75) is 25.9 Å². The number of hydrogen-bond donors (Lipinski definition) is 1. The first-order valence-corrected chi connectivity index (χ1v) is 6.60. The number of aliphatic hydroxyl groups is 1. The van der Waals surface area contributed by atoms with Crippen molar-refractivity contribution in [2.75, 3.05) is 13.1 Å². The van der Waals surface area contributed by atoms with Crippen molar-refractivity contribution >= 4 is 23.3 Å². The number of nitrogens with zero attached hydrogens (tertiary/aromatic N) is 2. The first-order chi connectivity index (χ1) is 8.15. The number of amides is 1. The minimum atomic E-state index is -0.373. The number of thiazole rings is 1. The van der Waals surface area contributed by atoms with Gasteiger partial charge < -0.3 is 10.0 Å². The van der Waals surface area contributed by atoms with Gasteiger partial charge in [0.2, 0.25) is 5.91 Å². The summed E-state index contributed by atoms with van der Waals surface area (Å²) in [5.74, 6) is -0.0468. The number of rotatable bonds is 2. The van der Waals surface area contributed by atoms with Crippen LogP contribution in [0, 0.1) is 6.92 Å². The molecule has 1 aromatic heterocycles. The Morgan fingerprint density at radius 2 is 2.53 bits per heavy atom. The van der Waals surface area contributed by atoms with Crippen LogP contribution in [-0.4, -0.2) is 40.1 Å². The number of aromatic nitrogens is 1. The van der Waals surface area contributed by atoms with E-state index in [1.165, 1.54) is 6.08 Å². The van der Waals surface area contributed by atoms with Crippen LogP contribution in [0.4, 0.5) is 0 Å². The van der Waals surface area contributed by atoms with Gasteiger partial charge in [0, 0.05) is 24.5 Å².